The molecule has 1 aromatic heterocycles. The number of H-pyrrole nitrogens is 1. The van der Waals surface area contributed by atoms with Gasteiger partial charge in [0.05, 0.1) is 0 Å². The van der Waals surface area contributed by atoms with Crippen LogP contribution in [0.4, 0.5) is 4.39 Å². The zero-order valence-electron chi connectivity index (χ0n) is 14.6. The zero-order valence-corrected chi connectivity index (χ0v) is 14.6. The van der Waals surface area contributed by atoms with Crippen molar-refractivity contribution < 1.29 is 4.39 Å². The first kappa shape index (κ1) is 17.3. The molecule has 0 saturated heterocycles. The highest BCUT2D eigenvalue weighted by atomic mass is 19.1. The summed E-state index contributed by atoms with van der Waals surface area (Å²) in [6.45, 7) is 6.02. The Kier molecular flexibility index (Phi) is 5.56. The van der Waals surface area contributed by atoms with E-state index in [-0.39, 0.29) is 5.82 Å². The maximum absolute atomic E-state index is 14.6. The number of aromatic amines is 1. The number of nitrogens with one attached hydrogen (secondary N) is 2. The van der Waals surface area contributed by atoms with Gasteiger partial charge in [-0.1, -0.05) is 44.2 Å². The molecule has 0 aliphatic heterocycles. The van der Waals surface area contributed by atoms with Crippen LogP contribution in [0.5, 0.6) is 0 Å². The van der Waals surface area contributed by atoms with Crippen molar-refractivity contribution in [3.8, 4) is 22.5 Å². The van der Waals surface area contributed by atoms with Crippen LogP contribution in [0, 0.1) is 11.7 Å². The number of aromatic nitrogens is 3. The summed E-state index contributed by atoms with van der Waals surface area (Å²) in [5, 5.41) is 10.0. The zero-order chi connectivity index (χ0) is 17.6. The molecule has 0 aliphatic carbocycles. The van der Waals surface area contributed by atoms with Gasteiger partial charge in [0.15, 0.2) is 5.82 Å². The summed E-state index contributed by atoms with van der Waals surface area (Å²) in [5.74, 6) is 1.13. The molecule has 4 nitrogen and oxygen atoms in total. The van der Waals surface area contributed by atoms with Gasteiger partial charge in [-0.25, -0.2) is 9.37 Å². The molecule has 25 heavy (non-hydrogen) atoms. The van der Waals surface area contributed by atoms with Gasteiger partial charge < -0.3 is 5.32 Å². The molecule has 130 valence electrons. The summed E-state index contributed by atoms with van der Waals surface area (Å²) < 4.78 is 14.6. The molecular weight excluding hydrogens is 315 g/mol. The molecule has 1 heterocycles. The van der Waals surface area contributed by atoms with Crippen molar-refractivity contribution in [1.29, 1.82) is 0 Å². The lowest BCUT2D eigenvalue weighted by Crippen LogP contribution is -2.16. The fourth-order valence-corrected chi connectivity index (χ4v) is 2.70. The van der Waals surface area contributed by atoms with Gasteiger partial charge in [-0.2, -0.15) is 5.10 Å². The number of rotatable bonds is 7. The predicted molar refractivity (Wildman–Crippen MR) is 98.4 cm³/mol. The highest BCUT2D eigenvalue weighted by molar-refractivity contribution is 5.70. The first-order valence-corrected chi connectivity index (χ1v) is 8.59. The van der Waals surface area contributed by atoms with Crippen LogP contribution in [-0.4, -0.2) is 21.7 Å². The molecule has 0 amide bonds. The van der Waals surface area contributed by atoms with Crippen LogP contribution < -0.4 is 5.32 Å². The second kappa shape index (κ2) is 8.03. The van der Waals surface area contributed by atoms with Crippen molar-refractivity contribution >= 4 is 0 Å². The Morgan fingerprint density at radius 2 is 1.96 bits per heavy atom. The topological polar surface area (TPSA) is 53.6 Å². The molecule has 3 aromatic rings. The van der Waals surface area contributed by atoms with Gasteiger partial charge in [-0.05, 0) is 42.1 Å². The number of halogens is 1. The van der Waals surface area contributed by atoms with Crippen molar-refractivity contribution in [3.63, 3.8) is 0 Å². The number of hydrogen-bond acceptors (Lipinski definition) is 3. The Labute approximate surface area is 147 Å². The summed E-state index contributed by atoms with van der Waals surface area (Å²) in [5.41, 5.74) is 3.25. The van der Waals surface area contributed by atoms with Crippen LogP contribution in [0.2, 0.25) is 0 Å². The highest BCUT2D eigenvalue weighted by Gasteiger charge is 2.09. The minimum absolute atomic E-state index is 0.210. The van der Waals surface area contributed by atoms with Crippen molar-refractivity contribution in [2.24, 2.45) is 5.92 Å². The smallest absolute Gasteiger partial charge is 0.155 e. The van der Waals surface area contributed by atoms with Gasteiger partial charge in [-0.3, -0.25) is 5.10 Å². The van der Waals surface area contributed by atoms with Crippen LogP contribution in [0.25, 0.3) is 22.5 Å². The van der Waals surface area contributed by atoms with Crippen LogP contribution in [-0.2, 0) is 6.54 Å². The summed E-state index contributed by atoms with van der Waals surface area (Å²) >= 11 is 0. The summed E-state index contributed by atoms with van der Waals surface area (Å²) in [6.07, 6.45) is 2.58. The predicted octanol–water partition coefficient (Wildman–Crippen LogP) is 4.41. The third-order valence-corrected chi connectivity index (χ3v) is 4.12. The van der Waals surface area contributed by atoms with Crippen molar-refractivity contribution in [2.45, 2.75) is 26.8 Å². The molecule has 2 N–H and O–H groups in total. The molecule has 0 saturated carbocycles. The van der Waals surface area contributed by atoms with Gasteiger partial charge in [0, 0.05) is 17.7 Å². The molecule has 2 aromatic carbocycles. The lowest BCUT2D eigenvalue weighted by atomic mass is 10.0. The van der Waals surface area contributed by atoms with Gasteiger partial charge in [0.2, 0.25) is 0 Å². The van der Waals surface area contributed by atoms with E-state index < -0.39 is 0 Å². The van der Waals surface area contributed by atoms with Crippen LogP contribution in [0.15, 0.2) is 48.8 Å². The molecule has 5 heteroatoms. The Bertz CT molecular complexity index is 812. The normalized spacial score (nSPS) is 11.2. The molecule has 0 fully saturated rings. The summed E-state index contributed by atoms with van der Waals surface area (Å²) in [7, 11) is 0. The van der Waals surface area contributed by atoms with E-state index in [4.69, 9.17) is 0 Å². The number of benzene rings is 2. The quantitative estimate of drug-likeness (QED) is 0.627. The molecule has 0 radical (unpaired) electrons. The fourth-order valence-electron chi connectivity index (χ4n) is 2.70. The number of nitrogens with zero attached hydrogens (tertiary/aromatic N) is 2. The minimum atomic E-state index is -0.210. The third kappa shape index (κ3) is 4.51. The fraction of sp³-hybridized carbons (Fsp3) is 0.300. The molecule has 0 aliphatic rings. The monoisotopic (exact) mass is 338 g/mol. The molecule has 0 atom stereocenters. The van der Waals surface area contributed by atoms with Crippen LogP contribution >= 0.6 is 0 Å². The van der Waals surface area contributed by atoms with Crippen molar-refractivity contribution in [2.75, 3.05) is 6.54 Å². The second-order valence-corrected chi connectivity index (χ2v) is 6.59. The van der Waals surface area contributed by atoms with Gasteiger partial charge in [-0.15, -0.1) is 0 Å². The molecule has 0 spiro atoms. The standard InChI is InChI=1S/C20H23FN4/c1-14(2)8-9-22-12-15-6-7-18(19(21)10-15)16-4-3-5-17(11-16)20-23-13-24-25-20/h3-7,10-11,13-14,22H,8-9,12H2,1-2H3,(H,23,24,25). The Morgan fingerprint density at radius 3 is 2.68 bits per heavy atom. The minimum Gasteiger partial charge on any atom is -0.313 e. The molecular formula is C20H23FN4. The van der Waals surface area contributed by atoms with Gasteiger partial charge >= 0.3 is 0 Å². The van der Waals surface area contributed by atoms with Crippen LogP contribution in [0.1, 0.15) is 25.8 Å². The lowest BCUT2D eigenvalue weighted by molar-refractivity contribution is 0.536. The van der Waals surface area contributed by atoms with Crippen molar-refractivity contribution in [1.82, 2.24) is 20.5 Å². The Balaban J connectivity index is 1.74. The van der Waals surface area contributed by atoms with E-state index in [0.717, 1.165) is 29.7 Å². The second-order valence-electron chi connectivity index (χ2n) is 6.59. The average Bonchev–Trinajstić information content (AvgIpc) is 3.13. The Morgan fingerprint density at radius 1 is 1.12 bits per heavy atom. The van der Waals surface area contributed by atoms with E-state index in [1.165, 1.54) is 6.33 Å². The van der Waals surface area contributed by atoms with Gasteiger partial charge in [0.1, 0.15) is 12.1 Å². The van der Waals surface area contributed by atoms with Crippen molar-refractivity contribution in [3.05, 3.63) is 60.2 Å². The Hall–Kier alpha value is -2.53. The molecule has 0 unspecified atom stereocenters. The van der Waals surface area contributed by atoms with E-state index in [2.05, 4.69) is 34.3 Å². The summed E-state index contributed by atoms with van der Waals surface area (Å²) in [6, 6.07) is 13.1. The van der Waals surface area contributed by atoms with Gasteiger partial charge in [0.25, 0.3) is 0 Å². The van der Waals surface area contributed by atoms with E-state index in [1.807, 2.05) is 36.4 Å². The number of hydrogen-bond donors (Lipinski definition) is 2. The largest absolute Gasteiger partial charge is 0.313 e. The van der Waals surface area contributed by atoms with Crippen LogP contribution in [0.3, 0.4) is 0 Å². The lowest BCUT2D eigenvalue weighted by Gasteiger charge is -2.10. The maximum Gasteiger partial charge on any atom is 0.155 e. The first-order valence-electron chi connectivity index (χ1n) is 8.59. The third-order valence-electron chi connectivity index (χ3n) is 4.12. The highest BCUT2D eigenvalue weighted by Crippen LogP contribution is 2.27. The van der Waals surface area contributed by atoms with E-state index in [9.17, 15) is 4.39 Å². The molecule has 3 rings (SSSR count). The first-order chi connectivity index (χ1) is 12.1. The SMILES string of the molecule is CC(C)CCNCc1ccc(-c2cccc(-c3ncn[nH]3)c2)c(F)c1. The van der Waals surface area contributed by atoms with E-state index in [0.29, 0.717) is 23.9 Å². The average molecular weight is 338 g/mol. The molecule has 0 bridgehead atoms. The maximum atomic E-state index is 14.6. The summed E-state index contributed by atoms with van der Waals surface area (Å²) in [4.78, 5) is 4.14. The van der Waals surface area contributed by atoms with E-state index >= 15 is 0 Å². The van der Waals surface area contributed by atoms with E-state index in [1.54, 1.807) is 6.07 Å².